The molecular formula is C14H17F3N2O3. The summed E-state index contributed by atoms with van der Waals surface area (Å²) in [5.41, 5.74) is -0.101. The zero-order valence-corrected chi connectivity index (χ0v) is 11.8. The van der Waals surface area contributed by atoms with Crippen LogP contribution in [0.2, 0.25) is 0 Å². The fraction of sp³-hybridized carbons (Fsp3) is 0.500. The number of hydrogen-bond acceptors (Lipinski definition) is 4. The Morgan fingerprint density at radius 2 is 1.82 bits per heavy atom. The van der Waals surface area contributed by atoms with E-state index in [0.717, 1.165) is 6.07 Å². The SMILES string of the molecule is O=C(c1ccccc1OC(F)(F)F)N1CCN(CCO)CC1. The first-order valence-electron chi connectivity index (χ1n) is 6.88. The Morgan fingerprint density at radius 3 is 2.41 bits per heavy atom. The quantitative estimate of drug-likeness (QED) is 0.910. The minimum atomic E-state index is -4.84. The lowest BCUT2D eigenvalue weighted by atomic mass is 10.1. The predicted octanol–water partition coefficient (Wildman–Crippen LogP) is 1.34. The smallest absolute Gasteiger partial charge is 0.405 e. The van der Waals surface area contributed by atoms with Gasteiger partial charge < -0.3 is 14.7 Å². The van der Waals surface area contributed by atoms with Crippen molar-refractivity contribution in [3.8, 4) is 5.75 Å². The van der Waals surface area contributed by atoms with Gasteiger partial charge in [0, 0.05) is 32.7 Å². The van der Waals surface area contributed by atoms with Gasteiger partial charge in [-0.1, -0.05) is 12.1 Å². The summed E-state index contributed by atoms with van der Waals surface area (Å²) in [5.74, 6) is -0.971. The summed E-state index contributed by atoms with van der Waals surface area (Å²) >= 11 is 0. The Bertz CT molecular complexity index is 514. The van der Waals surface area contributed by atoms with Crippen LogP contribution in [0.5, 0.6) is 5.75 Å². The van der Waals surface area contributed by atoms with Gasteiger partial charge in [0.05, 0.1) is 12.2 Å². The molecule has 0 aromatic heterocycles. The minimum Gasteiger partial charge on any atom is -0.405 e. The van der Waals surface area contributed by atoms with Crippen LogP contribution in [-0.4, -0.2) is 66.5 Å². The van der Waals surface area contributed by atoms with Gasteiger partial charge in [-0.25, -0.2) is 0 Å². The monoisotopic (exact) mass is 318 g/mol. The van der Waals surface area contributed by atoms with Gasteiger partial charge in [-0.3, -0.25) is 9.69 Å². The molecule has 8 heteroatoms. The van der Waals surface area contributed by atoms with Gasteiger partial charge in [-0.2, -0.15) is 0 Å². The summed E-state index contributed by atoms with van der Waals surface area (Å²) in [5, 5.41) is 8.87. The van der Waals surface area contributed by atoms with Crippen LogP contribution in [0.4, 0.5) is 13.2 Å². The molecule has 0 radical (unpaired) electrons. The molecule has 1 N–H and O–H groups in total. The lowest BCUT2D eigenvalue weighted by Crippen LogP contribution is -2.49. The number of carbonyl (C=O) groups excluding carboxylic acids is 1. The zero-order chi connectivity index (χ0) is 16.2. The van der Waals surface area contributed by atoms with E-state index in [1.807, 2.05) is 4.90 Å². The van der Waals surface area contributed by atoms with Crippen molar-refractivity contribution in [2.75, 3.05) is 39.3 Å². The maximum Gasteiger partial charge on any atom is 0.573 e. The molecule has 0 atom stereocenters. The summed E-state index contributed by atoms with van der Waals surface area (Å²) < 4.78 is 41.1. The zero-order valence-electron chi connectivity index (χ0n) is 11.8. The van der Waals surface area contributed by atoms with Crippen LogP contribution in [0, 0.1) is 0 Å². The first kappa shape index (κ1) is 16.6. The van der Waals surface area contributed by atoms with Crippen molar-refractivity contribution in [2.45, 2.75) is 6.36 Å². The summed E-state index contributed by atoms with van der Waals surface area (Å²) in [4.78, 5) is 15.9. The van der Waals surface area contributed by atoms with Crippen LogP contribution in [0.1, 0.15) is 10.4 Å². The van der Waals surface area contributed by atoms with Gasteiger partial charge in [0.1, 0.15) is 5.75 Å². The Balaban J connectivity index is 2.07. The number of para-hydroxylation sites is 1. The highest BCUT2D eigenvalue weighted by molar-refractivity contribution is 5.97. The molecule has 0 aliphatic carbocycles. The molecule has 2 rings (SSSR count). The van der Waals surface area contributed by atoms with E-state index in [9.17, 15) is 18.0 Å². The molecule has 0 spiro atoms. The highest BCUT2D eigenvalue weighted by atomic mass is 19.4. The molecule has 5 nitrogen and oxygen atoms in total. The molecule has 1 aliphatic rings. The number of amides is 1. The maximum atomic E-state index is 12.4. The molecule has 0 saturated carbocycles. The lowest BCUT2D eigenvalue weighted by molar-refractivity contribution is -0.274. The normalized spacial score (nSPS) is 16.6. The third-order valence-electron chi connectivity index (χ3n) is 3.42. The second-order valence-corrected chi connectivity index (χ2v) is 4.90. The van der Waals surface area contributed by atoms with Crippen LogP contribution in [0.15, 0.2) is 24.3 Å². The molecule has 0 bridgehead atoms. The van der Waals surface area contributed by atoms with Crippen molar-refractivity contribution < 1.29 is 27.8 Å². The lowest BCUT2D eigenvalue weighted by Gasteiger charge is -2.34. The number of piperazine rings is 1. The van der Waals surface area contributed by atoms with Crippen molar-refractivity contribution in [1.29, 1.82) is 0 Å². The molecule has 1 aromatic carbocycles. The van der Waals surface area contributed by atoms with Crippen molar-refractivity contribution in [3.05, 3.63) is 29.8 Å². The number of hydrogen-bond donors (Lipinski definition) is 1. The number of nitrogens with zero attached hydrogens (tertiary/aromatic N) is 2. The Labute approximate surface area is 125 Å². The second-order valence-electron chi connectivity index (χ2n) is 4.90. The van der Waals surface area contributed by atoms with Crippen molar-refractivity contribution in [2.24, 2.45) is 0 Å². The van der Waals surface area contributed by atoms with Crippen LogP contribution >= 0.6 is 0 Å². The summed E-state index contributed by atoms with van der Waals surface area (Å²) in [6, 6.07) is 5.34. The molecule has 1 amide bonds. The van der Waals surface area contributed by atoms with E-state index >= 15 is 0 Å². The Morgan fingerprint density at radius 1 is 1.18 bits per heavy atom. The van der Waals surface area contributed by atoms with Gasteiger partial charge in [0.15, 0.2) is 0 Å². The largest absolute Gasteiger partial charge is 0.573 e. The Hall–Kier alpha value is -1.80. The van der Waals surface area contributed by atoms with Crippen LogP contribution in [-0.2, 0) is 0 Å². The molecule has 1 saturated heterocycles. The van der Waals surface area contributed by atoms with E-state index in [1.54, 1.807) is 0 Å². The number of β-amino-alcohol motifs (C(OH)–C–C–N with tert-alkyl or cyclic N) is 1. The van der Waals surface area contributed by atoms with E-state index in [-0.39, 0.29) is 12.2 Å². The van der Waals surface area contributed by atoms with Crippen molar-refractivity contribution >= 4 is 5.91 Å². The van der Waals surface area contributed by atoms with E-state index in [1.165, 1.54) is 23.1 Å². The maximum absolute atomic E-state index is 12.4. The first-order valence-corrected chi connectivity index (χ1v) is 6.88. The third kappa shape index (κ3) is 4.35. The number of benzene rings is 1. The molecule has 1 aliphatic heterocycles. The number of alkyl halides is 3. The van der Waals surface area contributed by atoms with Crippen LogP contribution in [0.3, 0.4) is 0 Å². The molecule has 0 unspecified atom stereocenters. The van der Waals surface area contributed by atoms with Gasteiger partial charge in [-0.15, -0.1) is 13.2 Å². The Kier molecular flexibility index (Phi) is 5.25. The minimum absolute atomic E-state index is 0.0379. The van der Waals surface area contributed by atoms with E-state index in [4.69, 9.17) is 5.11 Å². The molecular weight excluding hydrogens is 301 g/mol. The highest BCUT2D eigenvalue weighted by Gasteiger charge is 2.33. The summed E-state index contributed by atoms with van der Waals surface area (Å²) in [6.45, 7) is 2.52. The van der Waals surface area contributed by atoms with Gasteiger partial charge >= 0.3 is 6.36 Å². The predicted molar refractivity (Wildman–Crippen MR) is 72.6 cm³/mol. The third-order valence-corrected chi connectivity index (χ3v) is 3.42. The van der Waals surface area contributed by atoms with Crippen molar-refractivity contribution in [3.63, 3.8) is 0 Å². The molecule has 122 valence electrons. The standard InChI is InChI=1S/C14H17F3N2O3/c15-14(16,17)22-12-4-2-1-3-11(12)13(21)19-7-5-18(6-8-19)9-10-20/h1-4,20H,5-10H2. The van der Waals surface area contributed by atoms with E-state index in [2.05, 4.69) is 4.74 Å². The molecule has 22 heavy (non-hydrogen) atoms. The van der Waals surface area contributed by atoms with Gasteiger partial charge in [0.25, 0.3) is 5.91 Å². The fourth-order valence-electron chi connectivity index (χ4n) is 2.34. The van der Waals surface area contributed by atoms with Gasteiger partial charge in [0.2, 0.25) is 0 Å². The molecule has 1 fully saturated rings. The van der Waals surface area contributed by atoms with Crippen LogP contribution in [0.25, 0.3) is 0 Å². The van der Waals surface area contributed by atoms with Gasteiger partial charge in [-0.05, 0) is 12.1 Å². The second kappa shape index (κ2) is 6.97. The molecule has 1 heterocycles. The number of rotatable bonds is 4. The van der Waals surface area contributed by atoms with E-state index in [0.29, 0.717) is 32.7 Å². The first-order chi connectivity index (χ1) is 10.4. The summed E-state index contributed by atoms with van der Waals surface area (Å²) in [6.07, 6.45) is -4.84. The summed E-state index contributed by atoms with van der Waals surface area (Å²) in [7, 11) is 0. The number of ether oxygens (including phenoxy) is 1. The van der Waals surface area contributed by atoms with E-state index < -0.39 is 18.0 Å². The van der Waals surface area contributed by atoms with Crippen molar-refractivity contribution in [1.82, 2.24) is 9.80 Å². The number of aliphatic hydroxyl groups excluding tert-OH is 1. The highest BCUT2D eigenvalue weighted by Crippen LogP contribution is 2.27. The van der Waals surface area contributed by atoms with Crippen LogP contribution < -0.4 is 4.74 Å². The number of aliphatic hydroxyl groups is 1. The number of halogens is 3. The topological polar surface area (TPSA) is 53.0 Å². The number of carbonyl (C=O) groups is 1. The average molecular weight is 318 g/mol. The average Bonchev–Trinajstić information content (AvgIpc) is 2.47. The fourth-order valence-corrected chi connectivity index (χ4v) is 2.34. The molecule has 1 aromatic rings.